The number of aromatic amines is 1. The molecule has 1 N–H and O–H groups in total. The maximum Gasteiger partial charge on any atom is 0.416 e. The minimum atomic E-state index is -4.42. The summed E-state index contributed by atoms with van der Waals surface area (Å²) in [5.74, 6) is -0.273. The molecule has 5 nitrogen and oxygen atoms in total. The normalized spacial score (nSPS) is 11.5. The third-order valence-electron chi connectivity index (χ3n) is 4.11. The molecule has 0 aliphatic rings. The van der Waals surface area contributed by atoms with Crippen molar-refractivity contribution >= 4 is 23.4 Å². The van der Waals surface area contributed by atoms with Gasteiger partial charge in [0.25, 0.3) is 5.56 Å². The molecule has 1 aromatic carbocycles. The number of H-pyrrole nitrogens is 1. The maximum atomic E-state index is 12.7. The Bertz CT molecular complexity index is 864. The number of amides is 1. The lowest BCUT2D eigenvalue weighted by atomic mass is 10.1. The van der Waals surface area contributed by atoms with E-state index in [9.17, 15) is 22.8 Å². The first-order chi connectivity index (χ1) is 12.7. The molecule has 0 bridgehead atoms. The van der Waals surface area contributed by atoms with E-state index in [0.29, 0.717) is 28.6 Å². The molecule has 0 saturated carbocycles. The smallest absolute Gasteiger partial charge is 0.313 e. The second kappa shape index (κ2) is 8.60. The summed E-state index contributed by atoms with van der Waals surface area (Å²) in [6.07, 6.45) is -2.37. The van der Waals surface area contributed by atoms with Gasteiger partial charge in [0.2, 0.25) is 5.91 Å². The van der Waals surface area contributed by atoms with Crippen LogP contribution in [0.15, 0.2) is 34.2 Å². The molecule has 1 heterocycles. The number of hydrogen-bond acceptors (Lipinski definition) is 4. The molecule has 9 heteroatoms. The van der Waals surface area contributed by atoms with Crippen molar-refractivity contribution in [3.8, 4) is 0 Å². The van der Waals surface area contributed by atoms with E-state index < -0.39 is 11.7 Å². The van der Waals surface area contributed by atoms with Crippen molar-refractivity contribution in [2.24, 2.45) is 0 Å². The molecule has 27 heavy (non-hydrogen) atoms. The number of carbonyl (C=O) groups excluding carboxylic acids is 1. The highest BCUT2D eigenvalue weighted by molar-refractivity contribution is 7.98. The fourth-order valence-electron chi connectivity index (χ4n) is 2.68. The number of aryl methyl sites for hydroxylation is 1. The van der Waals surface area contributed by atoms with Gasteiger partial charge in [-0.1, -0.05) is 11.8 Å². The largest absolute Gasteiger partial charge is 0.416 e. The van der Waals surface area contributed by atoms with Gasteiger partial charge in [-0.15, -0.1) is 0 Å². The molecule has 0 spiro atoms. The predicted octanol–water partition coefficient (Wildman–Crippen LogP) is 3.80. The van der Waals surface area contributed by atoms with E-state index in [1.165, 1.54) is 28.8 Å². The highest BCUT2D eigenvalue weighted by Crippen LogP contribution is 2.30. The van der Waals surface area contributed by atoms with Crippen LogP contribution in [-0.2, 0) is 17.4 Å². The molecule has 1 aromatic heterocycles. The van der Waals surface area contributed by atoms with E-state index in [2.05, 4.69) is 9.97 Å². The minimum Gasteiger partial charge on any atom is -0.313 e. The summed E-state index contributed by atoms with van der Waals surface area (Å²) in [7, 11) is 0. The van der Waals surface area contributed by atoms with E-state index in [1.807, 2.05) is 0 Å². The Hall–Kier alpha value is -2.29. The lowest BCUT2D eigenvalue weighted by molar-refractivity contribution is -0.137. The summed E-state index contributed by atoms with van der Waals surface area (Å²) in [5.41, 5.74) is 0.337. The monoisotopic (exact) mass is 399 g/mol. The zero-order valence-corrected chi connectivity index (χ0v) is 16.0. The van der Waals surface area contributed by atoms with Gasteiger partial charge in [-0.2, -0.15) is 13.2 Å². The number of rotatable bonds is 6. The summed E-state index contributed by atoms with van der Waals surface area (Å²) >= 11 is 1.32. The first-order valence-electron chi connectivity index (χ1n) is 8.28. The molecule has 146 valence electrons. The van der Waals surface area contributed by atoms with Gasteiger partial charge in [-0.25, -0.2) is 4.98 Å². The standard InChI is InChI=1S/C18H20F3N3O2S/c1-4-24(13-7-5-12(6-8-13)18(19,20)21)15(25)10-9-14-11(2)22-17(27-3)23-16(14)26/h5-8H,4,9-10H2,1-3H3,(H,22,23,26). The van der Waals surface area contributed by atoms with E-state index in [4.69, 9.17) is 0 Å². The number of nitrogens with one attached hydrogen (secondary N) is 1. The molecule has 2 rings (SSSR count). The molecule has 0 unspecified atom stereocenters. The van der Waals surface area contributed by atoms with Crippen LogP contribution in [0.3, 0.4) is 0 Å². The highest BCUT2D eigenvalue weighted by Gasteiger charge is 2.30. The minimum absolute atomic E-state index is 0.0546. The Labute approximate surface area is 159 Å². The van der Waals surface area contributed by atoms with E-state index in [-0.39, 0.29) is 24.3 Å². The Morgan fingerprint density at radius 1 is 1.26 bits per heavy atom. The highest BCUT2D eigenvalue weighted by atomic mass is 32.2. The molecule has 0 aliphatic carbocycles. The number of thioether (sulfide) groups is 1. The van der Waals surface area contributed by atoms with Crippen LogP contribution < -0.4 is 10.5 Å². The third kappa shape index (κ3) is 5.12. The predicted molar refractivity (Wildman–Crippen MR) is 99.2 cm³/mol. The molecule has 0 radical (unpaired) electrons. The number of nitrogens with zero attached hydrogens (tertiary/aromatic N) is 2. The van der Waals surface area contributed by atoms with Gasteiger partial charge < -0.3 is 9.88 Å². The Balaban J connectivity index is 2.13. The van der Waals surface area contributed by atoms with Gasteiger partial charge in [-0.05, 0) is 50.8 Å². The Morgan fingerprint density at radius 3 is 2.37 bits per heavy atom. The molecular weight excluding hydrogens is 379 g/mol. The SMILES string of the molecule is CCN(C(=O)CCc1c(C)nc(SC)[nH]c1=O)c1ccc(C(F)(F)F)cc1. The molecule has 1 amide bonds. The number of alkyl halides is 3. The molecule has 2 aromatic rings. The Kier molecular flexibility index (Phi) is 6.69. The summed E-state index contributed by atoms with van der Waals surface area (Å²) in [6, 6.07) is 4.45. The zero-order valence-electron chi connectivity index (χ0n) is 15.2. The van der Waals surface area contributed by atoms with Gasteiger partial charge in [0.1, 0.15) is 0 Å². The fraction of sp³-hybridized carbons (Fsp3) is 0.389. The fourth-order valence-corrected chi connectivity index (χ4v) is 3.10. The van der Waals surface area contributed by atoms with Crippen molar-refractivity contribution in [3.63, 3.8) is 0 Å². The lowest BCUT2D eigenvalue weighted by Crippen LogP contribution is -2.31. The summed E-state index contributed by atoms with van der Waals surface area (Å²) < 4.78 is 38.0. The van der Waals surface area contributed by atoms with Crippen molar-refractivity contribution < 1.29 is 18.0 Å². The molecule has 0 saturated heterocycles. The molecular formula is C18H20F3N3O2S. The van der Waals surface area contributed by atoms with Gasteiger partial charge in [0, 0.05) is 29.9 Å². The maximum absolute atomic E-state index is 12.7. The number of aromatic nitrogens is 2. The second-order valence-corrected chi connectivity index (χ2v) is 6.62. The van der Waals surface area contributed by atoms with Crippen molar-refractivity contribution in [1.29, 1.82) is 0 Å². The van der Waals surface area contributed by atoms with Crippen molar-refractivity contribution in [2.75, 3.05) is 17.7 Å². The lowest BCUT2D eigenvalue weighted by Gasteiger charge is -2.21. The van der Waals surface area contributed by atoms with Crippen molar-refractivity contribution in [3.05, 3.63) is 51.4 Å². The molecule has 0 atom stereocenters. The van der Waals surface area contributed by atoms with E-state index in [1.54, 1.807) is 20.1 Å². The zero-order chi connectivity index (χ0) is 20.2. The van der Waals surface area contributed by atoms with Crippen molar-refractivity contribution in [1.82, 2.24) is 9.97 Å². The van der Waals surface area contributed by atoms with Gasteiger partial charge in [0.05, 0.1) is 5.56 Å². The number of carbonyl (C=O) groups is 1. The first-order valence-corrected chi connectivity index (χ1v) is 9.51. The average Bonchev–Trinajstić information content (AvgIpc) is 2.61. The molecule has 0 aliphatic heterocycles. The van der Waals surface area contributed by atoms with Crippen LogP contribution in [0.5, 0.6) is 0 Å². The quantitative estimate of drug-likeness (QED) is 0.593. The average molecular weight is 399 g/mol. The second-order valence-electron chi connectivity index (χ2n) is 5.82. The summed E-state index contributed by atoms with van der Waals surface area (Å²) in [5, 5.41) is 0.507. The first kappa shape index (κ1) is 21.0. The van der Waals surface area contributed by atoms with Crippen LogP contribution in [0.25, 0.3) is 0 Å². The third-order valence-corrected chi connectivity index (χ3v) is 4.69. The van der Waals surface area contributed by atoms with E-state index >= 15 is 0 Å². The van der Waals surface area contributed by atoms with Gasteiger partial charge in [0.15, 0.2) is 5.16 Å². The van der Waals surface area contributed by atoms with E-state index in [0.717, 1.165) is 12.1 Å². The van der Waals surface area contributed by atoms with Crippen LogP contribution in [0.1, 0.15) is 30.2 Å². The Morgan fingerprint density at radius 2 is 1.89 bits per heavy atom. The van der Waals surface area contributed by atoms with Gasteiger partial charge >= 0.3 is 6.18 Å². The number of halogens is 3. The number of benzene rings is 1. The van der Waals surface area contributed by atoms with Crippen LogP contribution in [-0.4, -0.2) is 28.7 Å². The molecule has 0 fully saturated rings. The summed E-state index contributed by atoms with van der Waals surface area (Å²) in [6.45, 7) is 3.76. The van der Waals surface area contributed by atoms with Crippen LogP contribution in [0.4, 0.5) is 18.9 Å². The van der Waals surface area contributed by atoms with Crippen LogP contribution in [0, 0.1) is 6.92 Å². The topological polar surface area (TPSA) is 66.1 Å². The van der Waals surface area contributed by atoms with Crippen LogP contribution >= 0.6 is 11.8 Å². The number of anilines is 1. The van der Waals surface area contributed by atoms with Crippen LogP contribution in [0.2, 0.25) is 0 Å². The summed E-state index contributed by atoms with van der Waals surface area (Å²) in [4.78, 5) is 33.0. The van der Waals surface area contributed by atoms with Crippen molar-refractivity contribution in [2.45, 2.75) is 38.0 Å². The van der Waals surface area contributed by atoms with Gasteiger partial charge in [-0.3, -0.25) is 9.59 Å². The number of hydrogen-bond donors (Lipinski definition) is 1.